The van der Waals surface area contributed by atoms with Crippen molar-refractivity contribution in [2.75, 3.05) is 0 Å². The highest BCUT2D eigenvalue weighted by Crippen LogP contribution is 2.32. The molecule has 1 atom stereocenters. The largest absolute Gasteiger partial charge is 0.292 e. The molecule has 0 radical (unpaired) electrons. The molecule has 28 heavy (non-hydrogen) atoms. The molecule has 0 N–H and O–H groups in total. The maximum Gasteiger partial charge on any atom is 0.145 e. The molecule has 0 aliphatic carbocycles. The van der Waals surface area contributed by atoms with Crippen LogP contribution in [0.5, 0.6) is 0 Å². The van der Waals surface area contributed by atoms with Crippen LogP contribution < -0.4 is 10.6 Å². The maximum atomic E-state index is 4.91. The van der Waals surface area contributed by atoms with Crippen molar-refractivity contribution in [1.82, 2.24) is 9.38 Å². The second-order valence-corrected chi connectivity index (χ2v) is 7.95. The number of pyridine rings is 1. The first-order valence-electron chi connectivity index (χ1n) is 10.1. The number of nitrogens with zero attached hydrogens (tertiary/aromatic N) is 2. The molecule has 1 unspecified atom stereocenters. The van der Waals surface area contributed by atoms with E-state index in [2.05, 4.69) is 81.7 Å². The molecule has 2 aromatic carbocycles. The fourth-order valence-electron chi connectivity index (χ4n) is 4.56. The summed E-state index contributed by atoms with van der Waals surface area (Å²) in [5, 5.41) is 4.28. The van der Waals surface area contributed by atoms with E-state index in [0.29, 0.717) is 5.92 Å². The van der Waals surface area contributed by atoms with Crippen LogP contribution in [0.3, 0.4) is 0 Å². The highest BCUT2D eigenvalue weighted by atomic mass is 15.0. The Morgan fingerprint density at radius 3 is 2.39 bits per heavy atom. The van der Waals surface area contributed by atoms with Gasteiger partial charge in [0.1, 0.15) is 5.65 Å². The van der Waals surface area contributed by atoms with E-state index in [0.717, 1.165) is 33.7 Å². The number of hydrogen-bond donors (Lipinski definition) is 0. The maximum absolute atomic E-state index is 4.91. The minimum absolute atomic E-state index is 0.480. The molecule has 2 heterocycles. The van der Waals surface area contributed by atoms with E-state index in [1.807, 2.05) is 6.20 Å². The van der Waals surface area contributed by atoms with Gasteiger partial charge in [0.25, 0.3) is 0 Å². The molecule has 4 aromatic rings. The Morgan fingerprint density at radius 1 is 1.04 bits per heavy atom. The highest BCUT2D eigenvalue weighted by molar-refractivity contribution is 5.98. The van der Waals surface area contributed by atoms with Gasteiger partial charge in [-0.1, -0.05) is 69.8 Å². The van der Waals surface area contributed by atoms with Gasteiger partial charge in [0.2, 0.25) is 0 Å². The molecule has 0 aliphatic rings. The predicted octanol–water partition coefficient (Wildman–Crippen LogP) is 5.50. The molecule has 0 fully saturated rings. The third-order valence-corrected chi connectivity index (χ3v) is 6.02. The van der Waals surface area contributed by atoms with Crippen molar-refractivity contribution < 1.29 is 0 Å². The number of aromatic nitrogens is 2. The van der Waals surface area contributed by atoms with E-state index >= 15 is 0 Å². The summed E-state index contributed by atoms with van der Waals surface area (Å²) >= 11 is 0. The Labute approximate surface area is 166 Å². The summed E-state index contributed by atoms with van der Waals surface area (Å²) < 4.78 is 2.21. The summed E-state index contributed by atoms with van der Waals surface area (Å²) in [6.07, 6.45) is 4.33. The zero-order valence-corrected chi connectivity index (χ0v) is 17.3. The number of hydrogen-bond acceptors (Lipinski definition) is 1. The summed E-state index contributed by atoms with van der Waals surface area (Å²) in [6.45, 7) is 17.6. The molecule has 2 nitrogen and oxygen atoms in total. The second kappa shape index (κ2) is 6.94. The van der Waals surface area contributed by atoms with Crippen LogP contribution in [0.2, 0.25) is 0 Å². The van der Waals surface area contributed by atoms with Crippen molar-refractivity contribution in [3.05, 3.63) is 69.9 Å². The number of rotatable bonds is 4. The van der Waals surface area contributed by atoms with Gasteiger partial charge in [0, 0.05) is 16.3 Å². The first kappa shape index (κ1) is 18.5. The van der Waals surface area contributed by atoms with Crippen LogP contribution in [0.25, 0.3) is 40.8 Å². The molecule has 2 heteroatoms. The Balaban J connectivity index is 2.17. The summed E-state index contributed by atoms with van der Waals surface area (Å²) in [5.41, 5.74) is 7.17. The fourth-order valence-corrected chi connectivity index (χ4v) is 4.56. The van der Waals surface area contributed by atoms with Crippen molar-refractivity contribution in [1.29, 1.82) is 0 Å². The normalized spacial score (nSPS) is 12.7. The van der Waals surface area contributed by atoms with E-state index in [-0.39, 0.29) is 0 Å². The van der Waals surface area contributed by atoms with Gasteiger partial charge >= 0.3 is 0 Å². The van der Waals surface area contributed by atoms with Crippen molar-refractivity contribution in [2.45, 2.75) is 46.5 Å². The summed E-state index contributed by atoms with van der Waals surface area (Å²) in [6, 6.07) is 13.0. The van der Waals surface area contributed by atoms with Crippen LogP contribution >= 0.6 is 0 Å². The van der Waals surface area contributed by atoms with Crippen molar-refractivity contribution in [3.63, 3.8) is 0 Å². The van der Waals surface area contributed by atoms with E-state index < -0.39 is 0 Å². The summed E-state index contributed by atoms with van der Waals surface area (Å²) in [5.74, 6) is 0.480. The lowest BCUT2D eigenvalue weighted by Gasteiger charge is -2.16. The zero-order valence-electron chi connectivity index (χ0n) is 17.3. The summed E-state index contributed by atoms with van der Waals surface area (Å²) in [7, 11) is 0. The standard InChI is InChI=1S/C26H28N2/c1-7-10-16(2)21-13-9-14-22-19(5)20(6)28-23(15-27-26(28)25(21)22)24-17(3)11-8-12-18(24)4/h8-9,11-16H,5-7,10H2,1-4H3. The Bertz CT molecular complexity index is 1270. The third kappa shape index (κ3) is 2.67. The van der Waals surface area contributed by atoms with Crippen molar-refractivity contribution in [2.24, 2.45) is 0 Å². The van der Waals surface area contributed by atoms with Crippen LogP contribution in [-0.2, 0) is 0 Å². The zero-order chi connectivity index (χ0) is 20.0. The third-order valence-electron chi connectivity index (χ3n) is 6.02. The van der Waals surface area contributed by atoms with Gasteiger partial charge in [-0.05, 0) is 53.5 Å². The lowest BCUT2D eigenvalue weighted by molar-refractivity contribution is 0.669. The molecule has 2 aromatic heterocycles. The monoisotopic (exact) mass is 368 g/mol. The fraction of sp³-hybridized carbons (Fsp3) is 0.269. The quantitative estimate of drug-likeness (QED) is 0.465. The first-order valence-corrected chi connectivity index (χ1v) is 10.1. The van der Waals surface area contributed by atoms with E-state index in [9.17, 15) is 0 Å². The minimum Gasteiger partial charge on any atom is -0.292 e. The Kier molecular flexibility index (Phi) is 4.58. The molecular formula is C26H28N2. The van der Waals surface area contributed by atoms with E-state index in [4.69, 9.17) is 4.98 Å². The number of imidazole rings is 1. The van der Waals surface area contributed by atoms with E-state index in [1.54, 1.807) is 0 Å². The highest BCUT2D eigenvalue weighted by Gasteiger charge is 2.18. The van der Waals surface area contributed by atoms with Gasteiger partial charge in [-0.2, -0.15) is 0 Å². The molecule has 0 saturated heterocycles. The number of aryl methyl sites for hydroxylation is 2. The molecule has 0 aliphatic heterocycles. The molecule has 0 saturated carbocycles. The van der Waals surface area contributed by atoms with Gasteiger partial charge in [0.05, 0.1) is 11.9 Å². The average molecular weight is 369 g/mol. The van der Waals surface area contributed by atoms with Crippen LogP contribution in [0.1, 0.15) is 49.3 Å². The Morgan fingerprint density at radius 2 is 1.71 bits per heavy atom. The van der Waals surface area contributed by atoms with Gasteiger partial charge in [-0.3, -0.25) is 4.40 Å². The van der Waals surface area contributed by atoms with Crippen LogP contribution in [0.4, 0.5) is 0 Å². The van der Waals surface area contributed by atoms with Gasteiger partial charge in [-0.15, -0.1) is 0 Å². The molecule has 4 rings (SSSR count). The first-order chi connectivity index (χ1) is 13.5. The number of benzene rings is 2. The predicted molar refractivity (Wildman–Crippen MR) is 121 cm³/mol. The van der Waals surface area contributed by atoms with Crippen LogP contribution in [0.15, 0.2) is 42.6 Å². The van der Waals surface area contributed by atoms with Crippen LogP contribution in [-0.4, -0.2) is 9.38 Å². The van der Waals surface area contributed by atoms with Gasteiger partial charge in [-0.25, -0.2) is 4.98 Å². The summed E-state index contributed by atoms with van der Waals surface area (Å²) in [4.78, 5) is 4.91. The molecular weight excluding hydrogens is 340 g/mol. The van der Waals surface area contributed by atoms with Gasteiger partial charge in [0.15, 0.2) is 0 Å². The smallest absolute Gasteiger partial charge is 0.145 e. The average Bonchev–Trinajstić information content (AvgIpc) is 3.10. The van der Waals surface area contributed by atoms with Crippen molar-refractivity contribution >= 4 is 29.6 Å². The molecule has 0 spiro atoms. The lowest BCUT2D eigenvalue weighted by atomic mass is 9.91. The SMILES string of the molecule is C=c1c(=C)n2c(-c3c(C)cccc3C)cnc2c2c(C(C)CCC)cccc12. The minimum atomic E-state index is 0.480. The van der Waals surface area contributed by atoms with Crippen LogP contribution in [0, 0.1) is 13.8 Å². The topological polar surface area (TPSA) is 17.3 Å². The number of fused-ring (bicyclic) bond motifs is 3. The lowest BCUT2D eigenvalue weighted by Crippen LogP contribution is -2.30. The van der Waals surface area contributed by atoms with Crippen molar-refractivity contribution in [3.8, 4) is 11.3 Å². The molecule has 0 amide bonds. The second-order valence-electron chi connectivity index (χ2n) is 7.95. The molecule has 142 valence electrons. The molecule has 0 bridgehead atoms. The Hall–Kier alpha value is -2.87. The van der Waals surface area contributed by atoms with Gasteiger partial charge < -0.3 is 0 Å². The van der Waals surface area contributed by atoms with E-state index in [1.165, 1.54) is 34.1 Å².